The number of carbonyl (C=O) groups excluding carboxylic acids is 2. The third-order valence-electron chi connectivity index (χ3n) is 5.61. The molecule has 1 unspecified atom stereocenters. The Morgan fingerprint density at radius 2 is 1.80 bits per heavy atom. The van der Waals surface area contributed by atoms with Gasteiger partial charge in [-0.1, -0.05) is 18.2 Å². The fourth-order valence-electron chi connectivity index (χ4n) is 3.58. The van der Waals surface area contributed by atoms with E-state index >= 15 is 0 Å². The number of hydrogen-bond donors (Lipinski definition) is 2. The fourth-order valence-corrected chi connectivity index (χ4v) is 3.58. The number of nitrogens with two attached hydrogens (primary N) is 1. The summed E-state index contributed by atoms with van der Waals surface area (Å²) in [7, 11) is 1.87. The van der Waals surface area contributed by atoms with E-state index in [0.29, 0.717) is 19.1 Å². The Labute approximate surface area is 149 Å². The molecule has 1 aromatic carbocycles. The van der Waals surface area contributed by atoms with Crippen LogP contribution >= 0.6 is 0 Å². The molecule has 1 aromatic rings. The molecule has 1 heterocycles. The normalized spacial score (nSPS) is 19.8. The van der Waals surface area contributed by atoms with Gasteiger partial charge in [-0.15, -0.1) is 0 Å². The SMILES string of the molecule is CN(C(=O)C(N)C1CCN(C(=O)Nc2ccccc2)CC1)C1CCC1. The van der Waals surface area contributed by atoms with Crippen molar-refractivity contribution in [2.24, 2.45) is 11.7 Å². The molecule has 2 aliphatic rings. The molecule has 1 saturated heterocycles. The van der Waals surface area contributed by atoms with Gasteiger partial charge < -0.3 is 20.9 Å². The van der Waals surface area contributed by atoms with Crippen LogP contribution in [0, 0.1) is 5.92 Å². The topological polar surface area (TPSA) is 78.7 Å². The Balaban J connectivity index is 1.47. The number of anilines is 1. The lowest BCUT2D eigenvalue weighted by Crippen LogP contribution is -2.53. The van der Waals surface area contributed by atoms with Crippen LogP contribution in [-0.4, -0.2) is 54.0 Å². The van der Waals surface area contributed by atoms with Crippen molar-refractivity contribution >= 4 is 17.6 Å². The van der Waals surface area contributed by atoms with E-state index in [0.717, 1.165) is 31.4 Å². The van der Waals surface area contributed by atoms with Gasteiger partial charge in [0.1, 0.15) is 0 Å². The van der Waals surface area contributed by atoms with E-state index in [1.54, 1.807) is 4.90 Å². The number of rotatable bonds is 4. The minimum Gasteiger partial charge on any atom is -0.341 e. The van der Waals surface area contributed by atoms with Crippen molar-refractivity contribution in [3.8, 4) is 0 Å². The Morgan fingerprint density at radius 1 is 1.16 bits per heavy atom. The third kappa shape index (κ3) is 4.12. The Kier molecular flexibility index (Phi) is 5.58. The minimum absolute atomic E-state index is 0.0527. The first-order chi connectivity index (χ1) is 12.1. The molecular formula is C19H28N4O2. The number of nitrogens with zero attached hydrogens (tertiary/aromatic N) is 2. The minimum atomic E-state index is -0.454. The maximum absolute atomic E-state index is 12.5. The van der Waals surface area contributed by atoms with Crippen LogP contribution in [0.2, 0.25) is 0 Å². The largest absolute Gasteiger partial charge is 0.341 e. The molecule has 25 heavy (non-hydrogen) atoms. The molecule has 3 N–H and O–H groups in total. The molecule has 3 amide bonds. The summed E-state index contributed by atoms with van der Waals surface area (Å²) >= 11 is 0. The molecule has 0 aromatic heterocycles. The fraction of sp³-hybridized carbons (Fsp3) is 0.579. The van der Waals surface area contributed by atoms with Gasteiger partial charge in [-0.3, -0.25) is 4.79 Å². The lowest BCUT2D eigenvalue weighted by atomic mass is 9.87. The molecule has 6 nitrogen and oxygen atoms in total. The van der Waals surface area contributed by atoms with Gasteiger partial charge in [0.25, 0.3) is 0 Å². The van der Waals surface area contributed by atoms with Gasteiger partial charge in [-0.25, -0.2) is 4.79 Å². The van der Waals surface area contributed by atoms with Gasteiger partial charge in [-0.2, -0.15) is 0 Å². The first-order valence-electron chi connectivity index (χ1n) is 9.19. The number of hydrogen-bond acceptors (Lipinski definition) is 3. The molecule has 1 atom stereocenters. The summed E-state index contributed by atoms with van der Waals surface area (Å²) in [6.45, 7) is 1.27. The lowest BCUT2D eigenvalue weighted by molar-refractivity contribution is -0.136. The van der Waals surface area contributed by atoms with E-state index in [9.17, 15) is 9.59 Å². The number of piperidine rings is 1. The summed E-state index contributed by atoms with van der Waals surface area (Å²) in [6, 6.07) is 9.28. The van der Waals surface area contributed by atoms with Gasteiger partial charge in [0.15, 0.2) is 0 Å². The number of benzene rings is 1. The second-order valence-corrected chi connectivity index (χ2v) is 7.18. The van der Waals surface area contributed by atoms with Crippen LogP contribution in [0.5, 0.6) is 0 Å². The summed E-state index contributed by atoms with van der Waals surface area (Å²) in [5.74, 6) is 0.202. The summed E-state index contributed by atoms with van der Waals surface area (Å²) in [5.41, 5.74) is 7.04. The number of carbonyl (C=O) groups is 2. The van der Waals surface area contributed by atoms with Gasteiger partial charge in [0.2, 0.25) is 5.91 Å². The van der Waals surface area contributed by atoms with Crippen molar-refractivity contribution in [1.82, 2.24) is 9.80 Å². The molecule has 6 heteroatoms. The summed E-state index contributed by atoms with van der Waals surface area (Å²) in [4.78, 5) is 28.5. The first kappa shape index (κ1) is 17.7. The number of nitrogens with one attached hydrogen (secondary N) is 1. The highest BCUT2D eigenvalue weighted by atomic mass is 16.2. The van der Waals surface area contributed by atoms with E-state index in [4.69, 9.17) is 5.73 Å². The van der Waals surface area contributed by atoms with E-state index in [1.165, 1.54) is 6.42 Å². The Hall–Kier alpha value is -2.08. The van der Waals surface area contributed by atoms with Crippen LogP contribution in [0.25, 0.3) is 0 Å². The Morgan fingerprint density at radius 3 is 2.36 bits per heavy atom. The molecule has 0 spiro atoms. The van der Waals surface area contributed by atoms with Crippen LogP contribution in [-0.2, 0) is 4.79 Å². The Bertz CT molecular complexity index is 595. The van der Waals surface area contributed by atoms with Crippen LogP contribution < -0.4 is 11.1 Å². The maximum atomic E-state index is 12.5. The van der Waals surface area contributed by atoms with E-state index in [-0.39, 0.29) is 17.9 Å². The highest BCUT2D eigenvalue weighted by Gasteiger charge is 2.34. The zero-order valence-corrected chi connectivity index (χ0v) is 14.9. The van der Waals surface area contributed by atoms with Crippen LogP contribution in [0.4, 0.5) is 10.5 Å². The monoisotopic (exact) mass is 344 g/mol. The highest BCUT2D eigenvalue weighted by Crippen LogP contribution is 2.26. The molecule has 0 bridgehead atoms. The van der Waals surface area contributed by atoms with Crippen molar-refractivity contribution in [2.45, 2.75) is 44.2 Å². The van der Waals surface area contributed by atoms with Gasteiger partial charge in [0, 0.05) is 31.9 Å². The van der Waals surface area contributed by atoms with E-state index in [1.807, 2.05) is 42.3 Å². The summed E-state index contributed by atoms with van der Waals surface area (Å²) < 4.78 is 0. The molecule has 136 valence electrons. The molecule has 1 aliphatic carbocycles. The molecule has 0 radical (unpaired) electrons. The number of likely N-dealkylation sites (tertiary alicyclic amines) is 1. The molecule has 3 rings (SSSR count). The smallest absolute Gasteiger partial charge is 0.321 e. The predicted molar refractivity (Wildman–Crippen MR) is 98.1 cm³/mol. The number of para-hydroxylation sites is 1. The average molecular weight is 344 g/mol. The van der Waals surface area contributed by atoms with Gasteiger partial charge >= 0.3 is 6.03 Å². The highest BCUT2D eigenvalue weighted by molar-refractivity contribution is 5.89. The second-order valence-electron chi connectivity index (χ2n) is 7.18. The quantitative estimate of drug-likeness (QED) is 0.879. The van der Waals surface area contributed by atoms with Crippen LogP contribution in [0.15, 0.2) is 30.3 Å². The predicted octanol–water partition coefficient (Wildman–Crippen LogP) is 2.27. The van der Waals surface area contributed by atoms with Crippen molar-refractivity contribution in [2.75, 3.05) is 25.5 Å². The van der Waals surface area contributed by atoms with Crippen molar-refractivity contribution < 1.29 is 9.59 Å². The molecule has 2 fully saturated rings. The zero-order chi connectivity index (χ0) is 17.8. The molecule has 1 saturated carbocycles. The number of amides is 3. The molecular weight excluding hydrogens is 316 g/mol. The van der Waals surface area contributed by atoms with Crippen molar-refractivity contribution in [1.29, 1.82) is 0 Å². The van der Waals surface area contributed by atoms with E-state index in [2.05, 4.69) is 5.32 Å². The van der Waals surface area contributed by atoms with Crippen LogP contribution in [0.3, 0.4) is 0 Å². The van der Waals surface area contributed by atoms with E-state index < -0.39 is 6.04 Å². The maximum Gasteiger partial charge on any atom is 0.321 e. The number of urea groups is 1. The number of likely N-dealkylation sites (N-methyl/N-ethyl adjacent to an activating group) is 1. The van der Waals surface area contributed by atoms with Crippen molar-refractivity contribution in [3.05, 3.63) is 30.3 Å². The van der Waals surface area contributed by atoms with Crippen LogP contribution in [0.1, 0.15) is 32.1 Å². The average Bonchev–Trinajstić information content (AvgIpc) is 2.60. The van der Waals surface area contributed by atoms with Gasteiger partial charge in [0.05, 0.1) is 6.04 Å². The second kappa shape index (κ2) is 7.87. The van der Waals surface area contributed by atoms with Gasteiger partial charge in [-0.05, 0) is 50.2 Å². The third-order valence-corrected chi connectivity index (χ3v) is 5.61. The summed E-state index contributed by atoms with van der Waals surface area (Å²) in [6.07, 6.45) is 4.92. The molecule has 1 aliphatic heterocycles. The van der Waals surface area contributed by atoms with Crippen molar-refractivity contribution in [3.63, 3.8) is 0 Å². The summed E-state index contributed by atoms with van der Waals surface area (Å²) in [5, 5.41) is 2.91. The standard InChI is InChI=1S/C19H28N4O2/c1-22(16-8-5-9-16)18(24)17(20)14-10-12-23(13-11-14)19(25)21-15-6-3-2-4-7-15/h2-4,6-7,14,16-17H,5,8-13,20H2,1H3,(H,21,25). The first-order valence-corrected chi connectivity index (χ1v) is 9.19. The zero-order valence-electron chi connectivity index (χ0n) is 14.9. The lowest BCUT2D eigenvalue weighted by Gasteiger charge is -2.39.